The van der Waals surface area contributed by atoms with Crippen molar-refractivity contribution in [3.05, 3.63) is 366 Å². The molecule has 2 N–H and O–H groups in total. The Morgan fingerprint density at radius 1 is 0.306 bits per heavy atom. The van der Waals surface area contributed by atoms with Gasteiger partial charge in [-0.2, -0.15) is 0 Å². The smallest absolute Gasteiger partial charge is 0.310 e. The summed E-state index contributed by atoms with van der Waals surface area (Å²) >= 11 is 0. The third kappa shape index (κ3) is 15.9. The average Bonchev–Trinajstić information content (AvgIpc) is 1.33. The Kier molecular flexibility index (Phi) is 23.7. The summed E-state index contributed by atoms with van der Waals surface area (Å²) < 4.78 is 38.6. The summed E-state index contributed by atoms with van der Waals surface area (Å²) in [5.74, 6) is 8.58. The summed E-state index contributed by atoms with van der Waals surface area (Å²) in [6.45, 7) is 17.1. The Labute approximate surface area is 799 Å². The molecule has 7 nitrogen and oxygen atoms in total. The van der Waals surface area contributed by atoms with Crippen LogP contribution in [0.15, 0.2) is 322 Å². The molecular formula is C122H115O7S5+5. The van der Waals surface area contributed by atoms with E-state index in [4.69, 9.17) is 18.9 Å². The number of phenols is 2. The highest BCUT2D eigenvalue weighted by Gasteiger charge is 2.57. The molecule has 28 rings (SSSR count). The number of esters is 1. The molecule has 8 aliphatic rings. The van der Waals surface area contributed by atoms with Crippen LogP contribution in [0.1, 0.15) is 116 Å². The van der Waals surface area contributed by atoms with E-state index in [-0.39, 0.29) is 76.1 Å². The molecule has 0 atom stereocenters. The van der Waals surface area contributed by atoms with Gasteiger partial charge >= 0.3 is 5.97 Å². The van der Waals surface area contributed by atoms with Crippen LogP contribution in [0.2, 0.25) is 0 Å². The zero-order chi connectivity index (χ0) is 91.3. The highest BCUT2D eigenvalue weighted by atomic mass is 32.2. The van der Waals surface area contributed by atoms with Gasteiger partial charge in [0.05, 0.1) is 19.6 Å². The summed E-state index contributed by atoms with van der Waals surface area (Å²) in [5, 5.41) is 34.6. The monoisotopic (exact) mass is 1850 g/mol. The van der Waals surface area contributed by atoms with Crippen molar-refractivity contribution in [3.8, 4) is 47.5 Å². The molecular weight excluding hydrogens is 1740 g/mol. The van der Waals surface area contributed by atoms with Gasteiger partial charge < -0.3 is 29.2 Å². The first-order chi connectivity index (χ1) is 65.4. The highest BCUT2D eigenvalue weighted by molar-refractivity contribution is 7.52. The second-order valence-electron chi connectivity index (χ2n) is 38.9. The number of thiophene rings is 5. The van der Waals surface area contributed by atoms with E-state index in [2.05, 4.69) is 350 Å². The van der Waals surface area contributed by atoms with E-state index in [1.165, 1.54) is 207 Å². The number of aromatic hydroxyl groups is 2. The molecule has 670 valence electrons. The number of methoxy groups -OCH3 is 1. The van der Waals surface area contributed by atoms with Crippen molar-refractivity contribution in [2.45, 2.75) is 138 Å². The second-order valence-corrected chi connectivity index (χ2v) is 48.7. The molecule has 8 saturated carbocycles. The molecule has 5 heterocycles. The standard InChI is InChI=1S/C32H32O3S.C31H33O2S.C21H19OS.C20H16OS.C18H13S/c1-19-11-25(36-28-9-5-3-7-26(28)27-8-4-6-10-29(27)36)17-22(31(19)34)18-30(33)35-32(2)23-13-20-12-21(15-23)16-24(32)14-20;1-19-11-25(34-28-9-5-3-7-26(28)27-8-4-6-10-29(27)34)12-20(2)30(19)32-18-33-31-23-14-21-13-22(16-23)17-24(31)15-21;1-14-12-16(13-15(2)21(14)22-3)23-19-10-6-4-8-17(19)18-9-5-7-11-20(18)23;1-13-11-15(12-14(2)20(13)21)22-18-9-5-3-7-16(18)17-8-4-6-10-19(17)22;1-2-8-14(9-3-1)19-17-12-6-4-10-15(17)16-11-5-7-13-18(16)19/h3-11,17,20-21,23-24H,12-16,18H2,1-2H3;3-12,21-24,31H,13-18H2,1-2H3;4-13H,1-3H3;3-12H,1-2H3;1-13H/q;2*+1;;+1/p+2. The van der Waals surface area contributed by atoms with Crippen molar-refractivity contribution in [2.24, 2.45) is 47.3 Å². The van der Waals surface area contributed by atoms with E-state index in [1.807, 2.05) is 26.8 Å². The van der Waals surface area contributed by atoms with Crippen LogP contribution < -0.4 is 9.47 Å². The molecule has 12 heteroatoms. The van der Waals surface area contributed by atoms with Crippen LogP contribution in [0.3, 0.4) is 0 Å². The fourth-order valence-corrected chi connectivity index (χ4v) is 37.4. The molecule has 8 fully saturated rings. The maximum absolute atomic E-state index is 13.4. The molecule has 15 aromatic carbocycles. The van der Waals surface area contributed by atoms with Gasteiger partial charge in [0.25, 0.3) is 0 Å². The molecule has 20 aromatic rings. The summed E-state index contributed by atoms with van der Waals surface area (Å²) in [6, 6.07) is 116. The number of benzene rings is 15. The summed E-state index contributed by atoms with van der Waals surface area (Å²) in [7, 11) is 1.37. The van der Waals surface area contributed by atoms with Crippen molar-refractivity contribution in [1.29, 1.82) is 0 Å². The lowest BCUT2D eigenvalue weighted by atomic mass is 9.50. The lowest BCUT2D eigenvalue weighted by Gasteiger charge is -2.59. The molecule has 134 heavy (non-hydrogen) atoms. The van der Waals surface area contributed by atoms with Crippen LogP contribution in [0.4, 0.5) is 0 Å². The minimum atomic E-state index is -0.349. The largest absolute Gasteiger partial charge is 0.507 e. The number of aryl methyl sites for hydroxylation is 7. The van der Waals surface area contributed by atoms with Crippen molar-refractivity contribution in [3.63, 3.8) is 0 Å². The molecule has 0 saturated heterocycles. The van der Waals surface area contributed by atoms with Crippen molar-refractivity contribution < 1.29 is 34.0 Å². The fraction of sp³-hybridized carbons (Fsp3) is 0.254. The summed E-state index contributed by atoms with van der Waals surface area (Å²) in [4.78, 5) is 20.0. The predicted octanol–water partition coefficient (Wildman–Crippen LogP) is 34.7. The van der Waals surface area contributed by atoms with Crippen molar-refractivity contribution in [1.82, 2.24) is 0 Å². The molecule has 0 radical (unpaired) electrons. The number of carbonyl (C=O) groups excluding carboxylic acids is 1. The van der Waals surface area contributed by atoms with E-state index in [0.29, 0.717) is 36.0 Å². The van der Waals surface area contributed by atoms with E-state index in [9.17, 15) is 15.0 Å². The van der Waals surface area contributed by atoms with Gasteiger partial charge in [0.2, 0.25) is 0 Å². The van der Waals surface area contributed by atoms with Gasteiger partial charge in [-0.15, -0.1) is 0 Å². The first-order valence-electron chi connectivity index (χ1n) is 47.9. The molecule has 5 aromatic heterocycles. The third-order valence-electron chi connectivity index (χ3n) is 30.4. The summed E-state index contributed by atoms with van der Waals surface area (Å²) in [6.07, 6.45) is 13.8. The molecule has 0 spiro atoms. The number of hydrogen-bond donors (Lipinski definition) is 2. The van der Waals surface area contributed by atoms with Crippen LogP contribution >= 0.6 is 52.3 Å². The number of ether oxygens (including phenoxy) is 4. The predicted molar refractivity (Wildman–Crippen MR) is 572 cm³/mol. The van der Waals surface area contributed by atoms with Gasteiger partial charge in [-0.05, 0) is 339 Å². The number of rotatable bonds is 13. The average molecular weight is 1850 g/mol. The third-order valence-corrected chi connectivity index (χ3v) is 41.9. The molecule has 0 amide bonds. The highest BCUT2D eigenvalue weighted by Crippen LogP contribution is 2.62. The van der Waals surface area contributed by atoms with Gasteiger partial charge in [-0.1, -0.05) is 140 Å². The van der Waals surface area contributed by atoms with Gasteiger partial charge in [0, 0.05) is 160 Å². The van der Waals surface area contributed by atoms with E-state index in [1.54, 1.807) is 7.11 Å². The van der Waals surface area contributed by atoms with E-state index >= 15 is 0 Å². The van der Waals surface area contributed by atoms with Crippen molar-refractivity contribution in [2.75, 3.05) is 13.9 Å². The van der Waals surface area contributed by atoms with Gasteiger partial charge in [-0.3, -0.25) is 4.79 Å². The Balaban J connectivity index is 0.0000000996. The minimum Gasteiger partial charge on any atom is -0.507 e. The molecule has 8 aliphatic carbocycles. The zero-order valence-corrected chi connectivity index (χ0v) is 81.8. The number of fused-ring (bicyclic) bond motifs is 15. The van der Waals surface area contributed by atoms with Crippen LogP contribution in [0.5, 0.6) is 23.0 Å². The number of hydrogen-bond acceptors (Lipinski definition) is 7. The molecule has 8 bridgehead atoms. The first-order valence-corrected chi connectivity index (χ1v) is 54.0. The van der Waals surface area contributed by atoms with E-state index < -0.39 is 0 Å². The Morgan fingerprint density at radius 3 is 0.866 bits per heavy atom. The van der Waals surface area contributed by atoms with Gasteiger partial charge in [0.1, 0.15) is 28.6 Å². The Morgan fingerprint density at radius 2 is 0.560 bits per heavy atom. The van der Waals surface area contributed by atoms with Crippen LogP contribution in [0.25, 0.3) is 125 Å². The first kappa shape index (κ1) is 87.4. The maximum atomic E-state index is 13.4. The molecule has 0 aliphatic heterocycles. The lowest BCUT2D eigenvalue weighted by Crippen LogP contribution is -2.58. The van der Waals surface area contributed by atoms with Crippen LogP contribution in [-0.4, -0.2) is 41.8 Å². The Hall–Kier alpha value is -12.0. The fourth-order valence-electron chi connectivity index (χ4n) is 24.8. The topological polar surface area (TPSA) is 94.5 Å². The minimum absolute atomic E-state index is 0.0269. The summed E-state index contributed by atoms with van der Waals surface area (Å²) in [5.41, 5.74) is 7.86. The van der Waals surface area contributed by atoms with Gasteiger partial charge in [-0.25, -0.2) is 0 Å². The SMILES string of the molecule is COc1c(C)cc(-[s+]2c3ccccc3c3ccccc32)cc1C.Cc1cc(-[s+]2c3ccccc3c3ccccc32)cc(C)c1O.Cc1cc(-[s+]2c3ccccc3c3ccccc32)cc(C)c1OCOC1C2CC3CC(C2)CC1C3.Cc1cc(-[s+]2c3ccccc3c3ccccc32)cc(CC(=O)OC2(C)C3CC4CC(C3)CC2C4)c1O.c1ccc(-[s+]2c3ccccc3c3ccccc32)cc1. The molecule has 0 unspecified atom stereocenters. The second kappa shape index (κ2) is 36.3. The Bertz CT molecular complexity index is 7540. The quantitative estimate of drug-likeness (QED) is 0.0675. The normalized spacial score (nSPS) is 20.1. The van der Waals surface area contributed by atoms with Crippen molar-refractivity contribution >= 4 is 159 Å². The maximum Gasteiger partial charge on any atom is 0.310 e. The zero-order valence-electron chi connectivity index (χ0n) is 77.8. The van der Waals surface area contributed by atoms with Crippen LogP contribution in [-0.2, 0) is 20.7 Å². The van der Waals surface area contributed by atoms with E-state index in [0.717, 1.165) is 68.6 Å². The number of carbonyl (C=O) groups is 1. The van der Waals surface area contributed by atoms with Gasteiger partial charge in [0.15, 0.2) is 78.3 Å². The lowest BCUT2D eigenvalue weighted by molar-refractivity contribution is -0.202. The number of phenolic OH excluding ortho intramolecular Hbond substituents is 2. The van der Waals surface area contributed by atoms with Crippen LogP contribution in [0, 0.1) is 95.8 Å².